The fraction of sp³-hybridized carbons (Fsp3) is 0.167. The average molecular weight is 339 g/mol. The van der Waals surface area contributed by atoms with Crippen LogP contribution in [0.5, 0.6) is 0 Å². The van der Waals surface area contributed by atoms with Gasteiger partial charge >= 0.3 is 0 Å². The Kier molecular flexibility index (Phi) is 4.66. The number of benzene rings is 2. The number of amides is 1. The topological polar surface area (TPSA) is 74.8 Å². The van der Waals surface area contributed by atoms with Crippen molar-refractivity contribution < 1.29 is 9.59 Å². The molecule has 0 aliphatic heterocycles. The molecule has 0 saturated heterocycles. The number of rotatable bonds is 5. The molecule has 3 rings (SSSR count). The summed E-state index contributed by atoms with van der Waals surface area (Å²) >= 11 is 1.36. The fourth-order valence-electron chi connectivity index (χ4n) is 2.27. The zero-order valence-corrected chi connectivity index (χ0v) is 14.2. The smallest absolute Gasteiger partial charge is 0.237 e. The maximum atomic E-state index is 12.4. The summed E-state index contributed by atoms with van der Waals surface area (Å²) < 4.78 is 0. The summed E-state index contributed by atoms with van der Waals surface area (Å²) in [6.07, 6.45) is 0. The van der Waals surface area contributed by atoms with E-state index in [4.69, 9.17) is 0 Å². The van der Waals surface area contributed by atoms with E-state index in [-0.39, 0.29) is 16.9 Å². The highest BCUT2D eigenvalue weighted by atomic mass is 32.2. The first kappa shape index (κ1) is 16.3. The van der Waals surface area contributed by atoms with Crippen LogP contribution in [0.2, 0.25) is 0 Å². The van der Waals surface area contributed by atoms with E-state index in [9.17, 15) is 9.59 Å². The van der Waals surface area contributed by atoms with Gasteiger partial charge in [0.05, 0.1) is 16.3 Å². The van der Waals surface area contributed by atoms with Gasteiger partial charge in [0, 0.05) is 11.3 Å². The molecule has 122 valence electrons. The van der Waals surface area contributed by atoms with Gasteiger partial charge in [-0.05, 0) is 38.1 Å². The minimum atomic E-state index is -0.327. The summed E-state index contributed by atoms with van der Waals surface area (Å²) in [4.78, 5) is 31.4. The Bertz CT molecular complexity index is 871. The van der Waals surface area contributed by atoms with Gasteiger partial charge in [-0.3, -0.25) is 9.59 Å². The van der Waals surface area contributed by atoms with Crippen LogP contribution in [0, 0.1) is 0 Å². The molecular formula is C18H17N3O2S. The third kappa shape index (κ3) is 3.65. The molecular weight excluding hydrogens is 322 g/mol. The van der Waals surface area contributed by atoms with Crippen LogP contribution in [0.15, 0.2) is 53.7 Å². The lowest BCUT2D eigenvalue weighted by molar-refractivity contribution is -0.115. The molecule has 0 spiro atoms. The zero-order chi connectivity index (χ0) is 17.1. The summed E-state index contributed by atoms with van der Waals surface area (Å²) in [5, 5.41) is 3.21. The fourth-order valence-corrected chi connectivity index (χ4v) is 3.09. The van der Waals surface area contributed by atoms with E-state index in [0.29, 0.717) is 16.4 Å². The Balaban J connectivity index is 1.68. The molecule has 1 amide bonds. The number of anilines is 1. The molecule has 0 bridgehead atoms. The Morgan fingerprint density at radius 2 is 1.96 bits per heavy atom. The number of hydrogen-bond acceptors (Lipinski definition) is 4. The zero-order valence-electron chi connectivity index (χ0n) is 13.4. The Hall–Kier alpha value is -2.60. The van der Waals surface area contributed by atoms with Crippen LogP contribution in [-0.4, -0.2) is 26.9 Å². The summed E-state index contributed by atoms with van der Waals surface area (Å²) in [5.74, 6) is -0.169. The van der Waals surface area contributed by atoms with Crippen molar-refractivity contribution >= 4 is 40.2 Å². The summed E-state index contributed by atoms with van der Waals surface area (Å²) in [5.41, 5.74) is 3.01. The van der Waals surface area contributed by atoms with E-state index in [1.807, 2.05) is 31.2 Å². The number of fused-ring (bicyclic) bond motifs is 1. The number of H-pyrrole nitrogens is 1. The highest BCUT2D eigenvalue weighted by molar-refractivity contribution is 8.00. The molecule has 5 nitrogen and oxygen atoms in total. The molecule has 0 saturated carbocycles. The first-order chi connectivity index (χ1) is 11.5. The quantitative estimate of drug-likeness (QED) is 0.546. The van der Waals surface area contributed by atoms with Crippen LogP contribution in [-0.2, 0) is 4.79 Å². The minimum absolute atomic E-state index is 0.0317. The first-order valence-electron chi connectivity index (χ1n) is 7.56. The van der Waals surface area contributed by atoms with Gasteiger partial charge < -0.3 is 10.3 Å². The number of ketones is 1. The van der Waals surface area contributed by atoms with Gasteiger partial charge in [0.2, 0.25) is 5.91 Å². The van der Waals surface area contributed by atoms with Crippen molar-refractivity contribution in [1.29, 1.82) is 0 Å². The third-order valence-electron chi connectivity index (χ3n) is 3.56. The SMILES string of the molecule is CC(=O)c1cccc(NC(=O)C(C)Sc2nc3ccccc3[nH]2)c1. The van der Waals surface area contributed by atoms with E-state index in [2.05, 4.69) is 15.3 Å². The molecule has 0 aliphatic rings. The van der Waals surface area contributed by atoms with E-state index in [1.165, 1.54) is 18.7 Å². The minimum Gasteiger partial charge on any atom is -0.333 e. The van der Waals surface area contributed by atoms with Gasteiger partial charge in [-0.25, -0.2) is 4.98 Å². The molecule has 0 aliphatic carbocycles. The van der Waals surface area contributed by atoms with Gasteiger partial charge in [0.1, 0.15) is 0 Å². The molecule has 6 heteroatoms. The Morgan fingerprint density at radius 1 is 1.17 bits per heavy atom. The first-order valence-corrected chi connectivity index (χ1v) is 8.44. The lowest BCUT2D eigenvalue weighted by atomic mass is 10.1. The number of nitrogens with zero attached hydrogens (tertiary/aromatic N) is 1. The summed E-state index contributed by atoms with van der Waals surface area (Å²) in [7, 11) is 0. The maximum absolute atomic E-state index is 12.4. The highest BCUT2D eigenvalue weighted by Gasteiger charge is 2.17. The second kappa shape index (κ2) is 6.88. The van der Waals surface area contributed by atoms with Crippen LogP contribution in [0.4, 0.5) is 5.69 Å². The summed E-state index contributed by atoms with van der Waals surface area (Å²) in [6.45, 7) is 3.32. The lowest BCUT2D eigenvalue weighted by Gasteiger charge is -2.11. The van der Waals surface area contributed by atoms with Crippen molar-refractivity contribution in [1.82, 2.24) is 9.97 Å². The molecule has 1 aromatic heterocycles. The number of thioether (sulfide) groups is 1. The maximum Gasteiger partial charge on any atom is 0.237 e. The van der Waals surface area contributed by atoms with Crippen LogP contribution >= 0.6 is 11.8 Å². The Labute approximate surface area is 143 Å². The molecule has 1 heterocycles. The number of aromatic nitrogens is 2. The van der Waals surface area contributed by atoms with E-state index in [1.54, 1.807) is 24.3 Å². The van der Waals surface area contributed by atoms with Crippen molar-refractivity contribution in [2.75, 3.05) is 5.32 Å². The van der Waals surface area contributed by atoms with Crippen LogP contribution in [0.3, 0.4) is 0 Å². The van der Waals surface area contributed by atoms with Crippen molar-refractivity contribution in [3.8, 4) is 0 Å². The van der Waals surface area contributed by atoms with E-state index >= 15 is 0 Å². The predicted molar refractivity (Wildman–Crippen MR) is 96.5 cm³/mol. The molecule has 1 atom stereocenters. The van der Waals surface area contributed by atoms with Crippen LogP contribution in [0.25, 0.3) is 11.0 Å². The van der Waals surface area contributed by atoms with Gasteiger partial charge in [-0.15, -0.1) is 0 Å². The number of nitrogens with one attached hydrogen (secondary N) is 2. The normalized spacial score (nSPS) is 12.1. The molecule has 2 aromatic carbocycles. The monoisotopic (exact) mass is 339 g/mol. The number of aromatic amines is 1. The molecule has 0 fully saturated rings. The standard InChI is InChI=1S/C18H17N3O2S/c1-11(22)13-6-5-7-14(10-13)19-17(23)12(2)24-18-20-15-8-3-4-9-16(15)21-18/h3-10,12H,1-2H3,(H,19,23)(H,20,21). The predicted octanol–water partition coefficient (Wildman–Crippen LogP) is 3.88. The second-order valence-electron chi connectivity index (χ2n) is 5.45. The van der Waals surface area contributed by atoms with E-state index < -0.39 is 0 Å². The van der Waals surface area contributed by atoms with E-state index in [0.717, 1.165) is 11.0 Å². The van der Waals surface area contributed by atoms with Crippen LogP contribution < -0.4 is 5.32 Å². The lowest BCUT2D eigenvalue weighted by Crippen LogP contribution is -2.22. The van der Waals surface area contributed by atoms with Crippen molar-refractivity contribution in [2.45, 2.75) is 24.3 Å². The number of carbonyl (C=O) groups is 2. The van der Waals surface area contributed by atoms with Crippen LogP contribution in [0.1, 0.15) is 24.2 Å². The van der Waals surface area contributed by atoms with Gasteiger partial charge in [-0.2, -0.15) is 0 Å². The molecule has 2 N–H and O–H groups in total. The second-order valence-corrected chi connectivity index (χ2v) is 6.77. The van der Waals surface area contributed by atoms with Gasteiger partial charge in [0.15, 0.2) is 10.9 Å². The average Bonchev–Trinajstić information content (AvgIpc) is 2.97. The molecule has 1 unspecified atom stereocenters. The summed E-state index contributed by atoms with van der Waals surface area (Å²) in [6, 6.07) is 14.7. The van der Waals surface area contributed by atoms with Crippen molar-refractivity contribution in [3.05, 3.63) is 54.1 Å². The van der Waals surface area contributed by atoms with Crippen molar-refractivity contribution in [2.24, 2.45) is 0 Å². The highest BCUT2D eigenvalue weighted by Crippen LogP contribution is 2.24. The molecule has 24 heavy (non-hydrogen) atoms. The van der Waals surface area contributed by atoms with Gasteiger partial charge in [-0.1, -0.05) is 36.0 Å². The Morgan fingerprint density at radius 3 is 2.71 bits per heavy atom. The number of carbonyl (C=O) groups excluding carboxylic acids is 2. The van der Waals surface area contributed by atoms with Crippen molar-refractivity contribution in [3.63, 3.8) is 0 Å². The number of Topliss-reactive ketones (excluding diaryl/α,β-unsaturated/α-hetero) is 1. The number of hydrogen-bond donors (Lipinski definition) is 2. The molecule has 3 aromatic rings. The van der Waals surface area contributed by atoms with Gasteiger partial charge in [0.25, 0.3) is 0 Å². The molecule has 0 radical (unpaired) electrons. The third-order valence-corrected chi connectivity index (χ3v) is 4.55. The largest absolute Gasteiger partial charge is 0.333 e. The number of imidazole rings is 1. The number of para-hydroxylation sites is 2.